The number of amides is 1. The highest BCUT2D eigenvalue weighted by molar-refractivity contribution is 8.00. The number of carbonyl (C=O) groups excluding carboxylic acids is 1. The number of hydrogen-bond acceptors (Lipinski definition) is 6. The second-order valence-corrected chi connectivity index (χ2v) is 6.65. The first-order chi connectivity index (χ1) is 12.4. The summed E-state index contributed by atoms with van der Waals surface area (Å²) in [7, 11) is 0. The minimum atomic E-state index is -4.50. The fourth-order valence-electron chi connectivity index (χ4n) is 2.53. The third-order valence-corrected chi connectivity index (χ3v) is 4.91. The molecular weight excluding hydrogens is 367 g/mol. The number of aromatic nitrogens is 3. The van der Waals surface area contributed by atoms with Gasteiger partial charge in [0.1, 0.15) is 17.8 Å². The Kier molecular flexibility index (Phi) is 5.60. The van der Waals surface area contributed by atoms with Crippen LogP contribution in [0.2, 0.25) is 0 Å². The summed E-state index contributed by atoms with van der Waals surface area (Å²) in [6, 6.07) is 4.61. The van der Waals surface area contributed by atoms with Crippen LogP contribution < -0.4 is 4.90 Å². The number of rotatable bonds is 4. The predicted molar refractivity (Wildman–Crippen MR) is 90.8 cm³/mol. The summed E-state index contributed by atoms with van der Waals surface area (Å²) in [6.45, 7) is 1.75. The average molecular weight is 383 g/mol. The molecule has 0 unspecified atom stereocenters. The predicted octanol–water partition coefficient (Wildman–Crippen LogP) is 2.33. The Bertz CT molecular complexity index is 751. The molecule has 6 nitrogen and oxygen atoms in total. The fourth-order valence-corrected chi connectivity index (χ4v) is 3.32. The summed E-state index contributed by atoms with van der Waals surface area (Å²) in [5.41, 5.74) is -0.963. The van der Waals surface area contributed by atoms with Crippen molar-refractivity contribution in [2.45, 2.75) is 11.1 Å². The van der Waals surface area contributed by atoms with Crippen LogP contribution in [-0.2, 0) is 11.0 Å². The first-order valence-corrected chi connectivity index (χ1v) is 8.87. The third-order valence-electron chi connectivity index (χ3n) is 3.91. The van der Waals surface area contributed by atoms with E-state index in [2.05, 4.69) is 15.0 Å². The minimum Gasteiger partial charge on any atom is -0.353 e. The number of nitrogens with zero attached hydrogens (tertiary/aromatic N) is 5. The minimum absolute atomic E-state index is 0.00475. The molecule has 10 heteroatoms. The van der Waals surface area contributed by atoms with E-state index in [4.69, 9.17) is 0 Å². The Morgan fingerprint density at radius 3 is 2.46 bits per heavy atom. The number of alkyl halides is 3. The van der Waals surface area contributed by atoms with E-state index in [0.717, 1.165) is 17.3 Å². The number of hydrogen-bond donors (Lipinski definition) is 0. The summed E-state index contributed by atoms with van der Waals surface area (Å²) in [5.74, 6) is 0.547. The summed E-state index contributed by atoms with van der Waals surface area (Å²) < 4.78 is 38.3. The zero-order valence-electron chi connectivity index (χ0n) is 13.7. The van der Waals surface area contributed by atoms with E-state index in [1.54, 1.807) is 22.2 Å². The molecule has 1 saturated heterocycles. The molecule has 1 aliphatic heterocycles. The van der Waals surface area contributed by atoms with Gasteiger partial charge in [0.15, 0.2) is 0 Å². The summed E-state index contributed by atoms with van der Waals surface area (Å²) in [5, 5.41) is 0. The molecule has 0 spiro atoms. The van der Waals surface area contributed by atoms with E-state index < -0.39 is 11.9 Å². The van der Waals surface area contributed by atoms with Gasteiger partial charge in [-0.3, -0.25) is 9.78 Å². The van der Waals surface area contributed by atoms with Crippen molar-refractivity contribution >= 4 is 23.5 Å². The Labute approximate surface area is 152 Å². The van der Waals surface area contributed by atoms with Crippen molar-refractivity contribution in [1.82, 2.24) is 19.9 Å². The van der Waals surface area contributed by atoms with Crippen molar-refractivity contribution in [3.63, 3.8) is 0 Å². The summed E-state index contributed by atoms with van der Waals surface area (Å²) in [4.78, 5) is 27.8. The molecule has 3 heterocycles. The lowest BCUT2D eigenvalue weighted by Crippen LogP contribution is -2.49. The van der Waals surface area contributed by atoms with Gasteiger partial charge in [-0.15, -0.1) is 11.8 Å². The van der Waals surface area contributed by atoms with Crippen LogP contribution in [0, 0.1) is 0 Å². The maximum Gasteiger partial charge on any atom is 0.433 e. The van der Waals surface area contributed by atoms with Gasteiger partial charge in [0.05, 0.1) is 5.75 Å². The standard InChI is InChI=1S/C16H16F3N5OS/c17-16(18,19)13-9-14(22-11-21-13)23-5-7-24(8-6-23)15(25)10-26-12-1-3-20-4-2-12/h1-4,9,11H,5-8,10H2. The van der Waals surface area contributed by atoms with E-state index in [0.29, 0.717) is 31.9 Å². The highest BCUT2D eigenvalue weighted by atomic mass is 32.2. The topological polar surface area (TPSA) is 62.2 Å². The van der Waals surface area contributed by atoms with Gasteiger partial charge in [0.25, 0.3) is 0 Å². The lowest BCUT2D eigenvalue weighted by atomic mass is 10.3. The molecule has 0 saturated carbocycles. The van der Waals surface area contributed by atoms with Crippen LogP contribution in [-0.4, -0.2) is 57.7 Å². The van der Waals surface area contributed by atoms with Gasteiger partial charge in [0.2, 0.25) is 5.91 Å². The number of thioether (sulfide) groups is 1. The lowest BCUT2D eigenvalue weighted by molar-refractivity contribution is -0.141. The molecule has 0 bridgehead atoms. The number of pyridine rings is 1. The second-order valence-electron chi connectivity index (χ2n) is 5.60. The third kappa shape index (κ3) is 4.63. The van der Waals surface area contributed by atoms with Crippen molar-refractivity contribution in [3.8, 4) is 0 Å². The molecule has 26 heavy (non-hydrogen) atoms. The first-order valence-electron chi connectivity index (χ1n) is 7.88. The Balaban J connectivity index is 1.53. The Morgan fingerprint density at radius 1 is 1.12 bits per heavy atom. The van der Waals surface area contributed by atoms with Crippen molar-refractivity contribution in [1.29, 1.82) is 0 Å². The van der Waals surface area contributed by atoms with E-state index >= 15 is 0 Å². The van der Waals surface area contributed by atoms with E-state index in [9.17, 15) is 18.0 Å². The van der Waals surface area contributed by atoms with Gasteiger partial charge in [-0.05, 0) is 12.1 Å². The van der Waals surface area contributed by atoms with Crippen LogP contribution in [0.1, 0.15) is 5.69 Å². The van der Waals surface area contributed by atoms with E-state index in [1.165, 1.54) is 11.8 Å². The molecule has 0 radical (unpaired) electrons. The molecule has 0 aromatic carbocycles. The van der Waals surface area contributed by atoms with Crippen LogP contribution in [0.25, 0.3) is 0 Å². The van der Waals surface area contributed by atoms with E-state index in [-0.39, 0.29) is 11.7 Å². The molecule has 2 aromatic rings. The molecule has 0 aliphatic carbocycles. The summed E-state index contributed by atoms with van der Waals surface area (Å²) in [6.07, 6.45) is -0.244. The molecule has 1 aliphatic rings. The highest BCUT2D eigenvalue weighted by Gasteiger charge is 2.33. The van der Waals surface area contributed by atoms with Crippen LogP contribution in [0.4, 0.5) is 19.0 Å². The highest BCUT2D eigenvalue weighted by Crippen LogP contribution is 2.29. The average Bonchev–Trinajstić information content (AvgIpc) is 2.66. The molecule has 0 N–H and O–H groups in total. The zero-order valence-corrected chi connectivity index (χ0v) is 14.5. The maximum absolute atomic E-state index is 12.8. The SMILES string of the molecule is O=C(CSc1ccncc1)N1CCN(c2cc(C(F)(F)F)ncn2)CC1. The molecular formula is C16H16F3N5OS. The lowest BCUT2D eigenvalue weighted by Gasteiger charge is -2.35. The zero-order chi connectivity index (χ0) is 18.6. The van der Waals surface area contributed by atoms with Crippen molar-refractivity contribution < 1.29 is 18.0 Å². The number of piperazine rings is 1. The molecule has 1 amide bonds. The van der Waals surface area contributed by atoms with Gasteiger partial charge in [-0.25, -0.2) is 9.97 Å². The molecule has 2 aromatic heterocycles. The van der Waals surface area contributed by atoms with Crippen LogP contribution in [0.5, 0.6) is 0 Å². The Morgan fingerprint density at radius 2 is 1.81 bits per heavy atom. The molecule has 1 fully saturated rings. The van der Waals surface area contributed by atoms with Crippen molar-refractivity contribution in [3.05, 3.63) is 42.6 Å². The van der Waals surface area contributed by atoms with Gasteiger partial charge in [-0.2, -0.15) is 13.2 Å². The second kappa shape index (κ2) is 7.90. The van der Waals surface area contributed by atoms with Crippen LogP contribution in [0.15, 0.2) is 41.8 Å². The first kappa shape index (κ1) is 18.4. The van der Waals surface area contributed by atoms with Crippen molar-refractivity contribution in [2.24, 2.45) is 0 Å². The van der Waals surface area contributed by atoms with Crippen LogP contribution >= 0.6 is 11.8 Å². The smallest absolute Gasteiger partial charge is 0.353 e. The molecule has 0 atom stereocenters. The van der Waals surface area contributed by atoms with Crippen molar-refractivity contribution in [2.75, 3.05) is 36.8 Å². The largest absolute Gasteiger partial charge is 0.433 e. The number of halogens is 3. The summed E-state index contributed by atoms with van der Waals surface area (Å²) >= 11 is 1.43. The normalized spacial score (nSPS) is 15.2. The number of anilines is 1. The Hall–Kier alpha value is -2.36. The molecule has 138 valence electrons. The maximum atomic E-state index is 12.8. The van der Waals surface area contributed by atoms with Gasteiger partial charge in [-0.1, -0.05) is 0 Å². The van der Waals surface area contributed by atoms with Gasteiger partial charge in [0, 0.05) is 49.5 Å². The van der Waals surface area contributed by atoms with E-state index in [1.807, 2.05) is 12.1 Å². The number of carbonyl (C=O) groups is 1. The van der Waals surface area contributed by atoms with Gasteiger partial charge >= 0.3 is 6.18 Å². The quantitative estimate of drug-likeness (QED) is 0.756. The fraction of sp³-hybridized carbons (Fsp3) is 0.375. The van der Waals surface area contributed by atoms with Crippen LogP contribution in [0.3, 0.4) is 0 Å². The monoisotopic (exact) mass is 383 g/mol. The molecule has 3 rings (SSSR count). The van der Waals surface area contributed by atoms with Gasteiger partial charge < -0.3 is 9.80 Å².